The van der Waals surface area contributed by atoms with E-state index in [-0.39, 0.29) is 5.97 Å². The highest BCUT2D eigenvalue weighted by Crippen LogP contribution is 2.43. The third kappa shape index (κ3) is 6.47. The summed E-state index contributed by atoms with van der Waals surface area (Å²) in [7, 11) is 1.60. The van der Waals surface area contributed by atoms with Crippen LogP contribution in [0.2, 0.25) is 0 Å². The lowest BCUT2D eigenvalue weighted by Gasteiger charge is -2.20. The molecule has 216 valence electrons. The van der Waals surface area contributed by atoms with E-state index in [2.05, 4.69) is 63.2 Å². The molecular weight excluding hydrogens is 569 g/mol. The highest BCUT2D eigenvalue weighted by atomic mass is 32.1. The first-order valence-corrected chi connectivity index (χ1v) is 15.5. The van der Waals surface area contributed by atoms with Gasteiger partial charge in [0.1, 0.15) is 21.1 Å². The number of thiophene rings is 1. The number of ether oxygens (including phenoxy) is 2. The molecule has 0 spiro atoms. The van der Waals surface area contributed by atoms with Gasteiger partial charge < -0.3 is 14.4 Å². The molecule has 0 aliphatic rings. The minimum absolute atomic E-state index is 0.311. The fourth-order valence-electron chi connectivity index (χ4n) is 4.43. The molecule has 2 heterocycles. The summed E-state index contributed by atoms with van der Waals surface area (Å²) in [5.41, 5.74) is 3.15. The Hall–Kier alpha value is -4.22. The lowest BCUT2D eigenvalue weighted by molar-refractivity contribution is 0.0505. The average molecular weight is 601 g/mol. The number of fused-ring (bicyclic) bond motifs is 2. The van der Waals surface area contributed by atoms with Crippen molar-refractivity contribution in [3.63, 3.8) is 0 Å². The molecule has 11 heteroatoms. The maximum Gasteiger partial charge on any atom is 0.348 e. The fraction of sp³-hybridized carbons (Fsp3) is 0.290. The second-order valence-corrected chi connectivity index (χ2v) is 11.4. The van der Waals surface area contributed by atoms with Gasteiger partial charge in [-0.3, -0.25) is 0 Å². The van der Waals surface area contributed by atoms with E-state index in [9.17, 15) is 4.79 Å². The number of carbonyl (C=O) groups excluding carboxylic acids is 1. The summed E-state index contributed by atoms with van der Waals surface area (Å²) in [4.78, 5) is 20.4. The molecule has 0 bridgehead atoms. The fourth-order valence-corrected chi connectivity index (χ4v) is 6.35. The van der Waals surface area contributed by atoms with E-state index in [1.165, 1.54) is 22.7 Å². The van der Waals surface area contributed by atoms with Crippen LogP contribution < -0.4 is 9.64 Å². The van der Waals surface area contributed by atoms with Gasteiger partial charge in [-0.05, 0) is 50.6 Å². The van der Waals surface area contributed by atoms with Crippen LogP contribution in [0.15, 0.2) is 81.1 Å². The van der Waals surface area contributed by atoms with E-state index in [1.807, 2.05) is 42.5 Å². The Morgan fingerprint density at radius 3 is 2.36 bits per heavy atom. The Morgan fingerprint density at radius 2 is 1.67 bits per heavy atom. The van der Waals surface area contributed by atoms with Crippen LogP contribution in [0.4, 0.5) is 27.9 Å². The summed E-state index contributed by atoms with van der Waals surface area (Å²) in [6.07, 6.45) is 1.82. The number of thiazole rings is 1. The molecule has 0 aliphatic carbocycles. The maximum absolute atomic E-state index is 12.3. The van der Waals surface area contributed by atoms with Crippen molar-refractivity contribution in [3.05, 3.63) is 65.5 Å². The highest BCUT2D eigenvalue weighted by molar-refractivity contribution is 7.29. The number of unbranched alkanes of at least 4 members (excludes halogenated alkanes) is 1. The van der Waals surface area contributed by atoms with Gasteiger partial charge in [0.05, 0.1) is 29.8 Å². The lowest BCUT2D eigenvalue weighted by atomic mass is 10.1. The van der Waals surface area contributed by atoms with Crippen molar-refractivity contribution < 1.29 is 14.3 Å². The molecule has 5 aromatic rings. The normalized spacial score (nSPS) is 11.7. The number of rotatable bonds is 12. The smallest absolute Gasteiger partial charge is 0.348 e. The molecule has 3 aromatic carbocycles. The van der Waals surface area contributed by atoms with Crippen LogP contribution in [0.5, 0.6) is 5.75 Å². The summed E-state index contributed by atoms with van der Waals surface area (Å²) >= 11 is 2.68. The van der Waals surface area contributed by atoms with Crippen LogP contribution in [0.25, 0.3) is 20.3 Å². The van der Waals surface area contributed by atoms with E-state index in [4.69, 9.17) is 9.47 Å². The van der Waals surface area contributed by atoms with E-state index in [1.54, 1.807) is 13.2 Å². The molecule has 0 amide bonds. The average Bonchev–Trinajstić information content (AvgIpc) is 3.60. The first-order chi connectivity index (χ1) is 20.5. The van der Waals surface area contributed by atoms with Crippen molar-refractivity contribution >= 4 is 76.8 Å². The van der Waals surface area contributed by atoms with Gasteiger partial charge in [-0.1, -0.05) is 48.9 Å². The van der Waals surface area contributed by atoms with Gasteiger partial charge in [0, 0.05) is 35.6 Å². The number of nitrogens with zero attached hydrogens (tertiary/aromatic N) is 6. The number of hydrogen-bond donors (Lipinski definition) is 0. The zero-order valence-electron chi connectivity index (χ0n) is 24.0. The van der Waals surface area contributed by atoms with Gasteiger partial charge in [0.25, 0.3) is 0 Å². The van der Waals surface area contributed by atoms with Crippen molar-refractivity contribution in [2.75, 3.05) is 31.7 Å². The molecule has 0 atom stereocenters. The summed E-state index contributed by atoms with van der Waals surface area (Å²) < 4.78 is 11.9. The minimum atomic E-state index is -0.311. The van der Waals surface area contributed by atoms with Crippen LogP contribution in [-0.2, 0) is 4.74 Å². The molecular formula is C31H32N6O3S2. The van der Waals surface area contributed by atoms with Crippen molar-refractivity contribution in [2.24, 2.45) is 20.5 Å². The van der Waals surface area contributed by atoms with Crippen LogP contribution in [0, 0.1) is 0 Å². The van der Waals surface area contributed by atoms with Crippen LogP contribution in [-0.4, -0.2) is 37.8 Å². The first-order valence-electron chi connectivity index (χ1n) is 13.9. The molecule has 9 nitrogen and oxygen atoms in total. The van der Waals surface area contributed by atoms with Crippen molar-refractivity contribution in [1.82, 2.24) is 4.98 Å². The zero-order chi connectivity index (χ0) is 29.5. The maximum atomic E-state index is 12.3. The predicted octanol–water partition coefficient (Wildman–Crippen LogP) is 10.2. The van der Waals surface area contributed by atoms with Crippen LogP contribution >= 0.6 is 22.7 Å². The first kappa shape index (κ1) is 29.3. The molecule has 0 N–H and O–H groups in total. The molecule has 5 rings (SSSR count). The van der Waals surface area contributed by atoms with E-state index < -0.39 is 0 Å². The Morgan fingerprint density at radius 1 is 0.905 bits per heavy atom. The van der Waals surface area contributed by atoms with Gasteiger partial charge in [0.2, 0.25) is 5.13 Å². The summed E-state index contributed by atoms with van der Waals surface area (Å²) in [6.45, 7) is 8.66. The molecule has 2 aromatic heterocycles. The quantitative estimate of drug-likeness (QED) is 0.0805. The molecule has 0 unspecified atom stereocenters. The number of azo groups is 2. The second-order valence-electron chi connectivity index (χ2n) is 9.35. The lowest BCUT2D eigenvalue weighted by Crippen LogP contribution is -2.21. The van der Waals surface area contributed by atoms with Gasteiger partial charge >= 0.3 is 5.97 Å². The van der Waals surface area contributed by atoms with Crippen molar-refractivity contribution in [2.45, 2.75) is 33.6 Å². The summed E-state index contributed by atoms with van der Waals surface area (Å²) in [5.74, 6) is 0.229. The number of aromatic nitrogens is 1. The van der Waals surface area contributed by atoms with Crippen LogP contribution in [0.3, 0.4) is 0 Å². The summed E-state index contributed by atoms with van der Waals surface area (Å²) in [5, 5.41) is 20.2. The largest absolute Gasteiger partial charge is 0.494 e. The topological polar surface area (TPSA) is 101 Å². The molecule has 0 saturated carbocycles. The van der Waals surface area contributed by atoms with E-state index in [0.717, 1.165) is 57.6 Å². The molecule has 42 heavy (non-hydrogen) atoms. The monoisotopic (exact) mass is 600 g/mol. The van der Waals surface area contributed by atoms with Crippen molar-refractivity contribution in [3.8, 4) is 5.75 Å². The Kier molecular flexibility index (Phi) is 9.50. The third-order valence-corrected chi connectivity index (χ3v) is 8.70. The second kappa shape index (κ2) is 13.6. The molecule has 0 saturated heterocycles. The van der Waals surface area contributed by atoms with E-state index in [0.29, 0.717) is 33.7 Å². The Labute approximate surface area is 252 Å². The van der Waals surface area contributed by atoms with Crippen molar-refractivity contribution in [1.29, 1.82) is 0 Å². The number of hydrogen-bond acceptors (Lipinski definition) is 11. The molecule has 0 aliphatic heterocycles. The highest BCUT2D eigenvalue weighted by Gasteiger charge is 2.16. The van der Waals surface area contributed by atoms with E-state index >= 15 is 0 Å². The van der Waals surface area contributed by atoms with Crippen LogP contribution in [0.1, 0.15) is 43.3 Å². The molecule has 0 radical (unpaired) electrons. The Balaban J connectivity index is 1.40. The van der Waals surface area contributed by atoms with Gasteiger partial charge in [-0.2, -0.15) is 5.11 Å². The minimum Gasteiger partial charge on any atom is -0.494 e. The predicted molar refractivity (Wildman–Crippen MR) is 172 cm³/mol. The molecule has 0 fully saturated rings. The number of methoxy groups -OCH3 is 1. The SMILES string of the molecule is CCCCOC(=O)c1cc2sc(N=Nc3cc(OC)c(N=Nc4ccc(N(CC)CC)cc4)c4ccccc34)nc2s1. The number of esters is 1. The third-order valence-electron chi connectivity index (χ3n) is 6.68. The van der Waals surface area contributed by atoms with Gasteiger partial charge in [-0.25, -0.2) is 9.78 Å². The summed E-state index contributed by atoms with van der Waals surface area (Å²) in [6, 6.07) is 19.5. The van der Waals surface area contributed by atoms with Gasteiger partial charge in [-0.15, -0.1) is 26.7 Å². The van der Waals surface area contributed by atoms with Gasteiger partial charge in [0.15, 0.2) is 0 Å². The standard InChI is InChI=1S/C31H32N6O3S2/c1-5-8-17-40-30(38)27-19-26-29(41-27)32-31(42-26)36-34-24-18-25(39-4)28(23-12-10-9-11-22(23)24)35-33-20-13-15-21(16-14-20)37(6-2)7-3/h9-16,18-19H,5-8,17H2,1-4H3. The Bertz CT molecular complexity index is 1710. The number of anilines is 1. The zero-order valence-corrected chi connectivity index (χ0v) is 25.7. The number of carbonyl (C=O) groups is 1. The number of benzene rings is 3.